The predicted molar refractivity (Wildman–Crippen MR) is 77.6 cm³/mol. The molecule has 0 saturated heterocycles. The van der Waals surface area contributed by atoms with E-state index < -0.39 is 5.97 Å². The highest BCUT2D eigenvalue weighted by Crippen LogP contribution is 2.23. The first-order valence-electron chi connectivity index (χ1n) is 6.46. The van der Waals surface area contributed by atoms with Crippen LogP contribution in [-0.2, 0) is 0 Å². The summed E-state index contributed by atoms with van der Waals surface area (Å²) in [5, 5.41) is 9.33. The first-order chi connectivity index (χ1) is 10.1. The third-order valence-electron chi connectivity index (χ3n) is 3.52. The summed E-state index contributed by atoms with van der Waals surface area (Å²) in [5.74, 6) is -1.06. The normalized spacial score (nSPS) is 12.4. The van der Waals surface area contributed by atoms with Crippen molar-refractivity contribution in [2.45, 2.75) is 13.0 Å². The number of aromatic nitrogens is 3. The van der Waals surface area contributed by atoms with Gasteiger partial charge in [-0.25, -0.2) is 9.59 Å². The van der Waals surface area contributed by atoms with Crippen LogP contribution in [0.4, 0.5) is 0 Å². The van der Waals surface area contributed by atoms with Gasteiger partial charge in [0.25, 0.3) is 0 Å². The van der Waals surface area contributed by atoms with E-state index in [0.717, 1.165) is 5.56 Å². The number of carboxylic acids is 1. The Morgan fingerprint density at radius 2 is 2.14 bits per heavy atom. The van der Waals surface area contributed by atoms with Crippen LogP contribution in [0.5, 0.6) is 0 Å². The third kappa shape index (κ3) is 2.10. The van der Waals surface area contributed by atoms with Crippen LogP contribution < -0.4 is 5.69 Å². The Bertz CT molecular complexity index is 865. The van der Waals surface area contributed by atoms with Gasteiger partial charge in [-0.1, -0.05) is 12.1 Å². The number of benzene rings is 1. The van der Waals surface area contributed by atoms with Crippen LogP contribution in [0.25, 0.3) is 11.0 Å². The number of hydrogen-bond donors (Lipinski definition) is 2. The van der Waals surface area contributed by atoms with Gasteiger partial charge in [-0.3, -0.25) is 9.55 Å². The van der Waals surface area contributed by atoms with Gasteiger partial charge >= 0.3 is 11.7 Å². The maximum absolute atomic E-state index is 12.2. The summed E-state index contributed by atoms with van der Waals surface area (Å²) in [5.41, 5.74) is 1.50. The first-order valence-corrected chi connectivity index (χ1v) is 6.46. The summed E-state index contributed by atoms with van der Waals surface area (Å²) in [6.45, 7) is 1.84. The lowest BCUT2D eigenvalue weighted by Gasteiger charge is -2.14. The molecule has 1 aromatic carbocycles. The van der Waals surface area contributed by atoms with Crippen molar-refractivity contribution in [1.29, 1.82) is 0 Å². The van der Waals surface area contributed by atoms with Gasteiger partial charge in [-0.2, -0.15) is 0 Å². The molecule has 3 rings (SSSR count). The third-order valence-corrected chi connectivity index (χ3v) is 3.52. The number of aromatic amines is 1. The summed E-state index contributed by atoms with van der Waals surface area (Å²) in [6.07, 6.45) is 3.32. The SMILES string of the molecule is CC(c1cccnc1)n1c(=O)[nH]c2cccc(C(=O)O)c21. The minimum atomic E-state index is -1.06. The van der Waals surface area contributed by atoms with Crippen molar-refractivity contribution in [3.8, 4) is 0 Å². The molecule has 0 bridgehead atoms. The number of H-pyrrole nitrogens is 1. The molecule has 6 nitrogen and oxygen atoms in total. The second-order valence-electron chi connectivity index (χ2n) is 4.77. The quantitative estimate of drug-likeness (QED) is 0.769. The summed E-state index contributed by atoms with van der Waals surface area (Å²) in [6, 6.07) is 8.11. The maximum atomic E-state index is 12.2. The Hall–Kier alpha value is -2.89. The van der Waals surface area contributed by atoms with E-state index in [1.807, 2.05) is 13.0 Å². The summed E-state index contributed by atoms with van der Waals surface area (Å²) >= 11 is 0. The fourth-order valence-electron chi connectivity index (χ4n) is 2.50. The molecule has 106 valence electrons. The van der Waals surface area contributed by atoms with E-state index in [1.165, 1.54) is 10.6 Å². The topological polar surface area (TPSA) is 88.0 Å². The van der Waals surface area contributed by atoms with Crippen LogP contribution in [0.2, 0.25) is 0 Å². The van der Waals surface area contributed by atoms with Crippen LogP contribution in [0, 0.1) is 0 Å². The minimum Gasteiger partial charge on any atom is -0.478 e. The Balaban J connectivity index is 2.30. The van der Waals surface area contributed by atoms with E-state index in [-0.39, 0.29) is 17.3 Å². The molecule has 6 heteroatoms. The number of hydrogen-bond acceptors (Lipinski definition) is 3. The molecule has 0 amide bonds. The van der Waals surface area contributed by atoms with Gasteiger partial charge in [0.1, 0.15) is 0 Å². The van der Waals surface area contributed by atoms with Gasteiger partial charge in [0.05, 0.1) is 22.6 Å². The lowest BCUT2D eigenvalue weighted by Crippen LogP contribution is -2.22. The van der Waals surface area contributed by atoms with Crippen LogP contribution in [-0.4, -0.2) is 25.6 Å². The van der Waals surface area contributed by atoms with Crippen LogP contribution >= 0.6 is 0 Å². The number of rotatable bonds is 3. The smallest absolute Gasteiger partial charge is 0.337 e. The molecule has 1 unspecified atom stereocenters. The predicted octanol–water partition coefficient (Wildman–Crippen LogP) is 2.03. The average molecular weight is 283 g/mol. The van der Waals surface area contributed by atoms with E-state index in [4.69, 9.17) is 0 Å². The highest BCUT2D eigenvalue weighted by atomic mass is 16.4. The number of imidazole rings is 1. The molecule has 0 aliphatic rings. The van der Waals surface area contributed by atoms with Crippen LogP contribution in [0.1, 0.15) is 28.9 Å². The van der Waals surface area contributed by atoms with E-state index in [0.29, 0.717) is 11.0 Å². The number of carboxylic acid groups (broad SMARTS) is 1. The van der Waals surface area contributed by atoms with Gasteiger partial charge in [0, 0.05) is 12.4 Å². The van der Waals surface area contributed by atoms with E-state index in [9.17, 15) is 14.7 Å². The fraction of sp³-hybridized carbons (Fsp3) is 0.133. The van der Waals surface area contributed by atoms with Crippen molar-refractivity contribution in [1.82, 2.24) is 14.5 Å². The Morgan fingerprint density at radius 1 is 1.33 bits per heavy atom. The molecule has 2 aromatic heterocycles. The van der Waals surface area contributed by atoms with Crippen molar-refractivity contribution < 1.29 is 9.90 Å². The molecule has 0 saturated carbocycles. The Morgan fingerprint density at radius 3 is 2.81 bits per heavy atom. The largest absolute Gasteiger partial charge is 0.478 e. The zero-order valence-corrected chi connectivity index (χ0v) is 11.3. The standard InChI is InChI=1S/C15H13N3O3/c1-9(10-4-3-7-16-8-10)18-13-11(14(19)20)5-2-6-12(13)17-15(18)21/h2-9H,1H3,(H,17,21)(H,19,20). The van der Waals surface area contributed by atoms with Crippen LogP contribution in [0.3, 0.4) is 0 Å². The minimum absolute atomic E-state index is 0.0987. The van der Waals surface area contributed by atoms with Crippen molar-refractivity contribution in [2.75, 3.05) is 0 Å². The molecule has 3 aromatic rings. The van der Waals surface area contributed by atoms with Crippen molar-refractivity contribution in [3.05, 3.63) is 64.3 Å². The monoisotopic (exact) mass is 283 g/mol. The van der Waals surface area contributed by atoms with Crippen LogP contribution in [0.15, 0.2) is 47.5 Å². The second-order valence-corrected chi connectivity index (χ2v) is 4.77. The van der Waals surface area contributed by atoms with Crippen molar-refractivity contribution >= 4 is 17.0 Å². The van der Waals surface area contributed by atoms with Gasteiger partial charge in [0.2, 0.25) is 0 Å². The van der Waals surface area contributed by atoms with Crippen molar-refractivity contribution in [3.63, 3.8) is 0 Å². The lowest BCUT2D eigenvalue weighted by atomic mass is 10.1. The highest BCUT2D eigenvalue weighted by molar-refractivity contribution is 6.01. The maximum Gasteiger partial charge on any atom is 0.337 e. The zero-order chi connectivity index (χ0) is 15.0. The van der Waals surface area contributed by atoms with E-state index >= 15 is 0 Å². The summed E-state index contributed by atoms with van der Waals surface area (Å²) in [4.78, 5) is 30.4. The molecule has 2 N–H and O–H groups in total. The molecule has 0 aliphatic heterocycles. The number of para-hydroxylation sites is 1. The van der Waals surface area contributed by atoms with Gasteiger partial charge in [0.15, 0.2) is 0 Å². The van der Waals surface area contributed by atoms with Crippen molar-refractivity contribution in [2.24, 2.45) is 0 Å². The van der Waals surface area contributed by atoms with E-state index in [1.54, 1.807) is 30.6 Å². The fourth-order valence-corrected chi connectivity index (χ4v) is 2.50. The molecule has 21 heavy (non-hydrogen) atoms. The molecule has 0 fully saturated rings. The molecule has 1 atom stereocenters. The molecule has 0 spiro atoms. The molecule has 0 aliphatic carbocycles. The zero-order valence-electron chi connectivity index (χ0n) is 11.3. The molecular formula is C15H13N3O3. The summed E-state index contributed by atoms with van der Waals surface area (Å²) in [7, 11) is 0. The number of carbonyl (C=O) groups is 1. The number of aromatic carboxylic acids is 1. The van der Waals surface area contributed by atoms with Gasteiger partial charge < -0.3 is 10.1 Å². The summed E-state index contributed by atoms with van der Waals surface area (Å²) < 4.78 is 1.45. The number of nitrogens with one attached hydrogen (secondary N) is 1. The van der Waals surface area contributed by atoms with Gasteiger partial charge in [-0.15, -0.1) is 0 Å². The first kappa shape index (κ1) is 13.1. The average Bonchev–Trinajstić information content (AvgIpc) is 2.83. The molecular weight excluding hydrogens is 270 g/mol. The Kier molecular flexibility index (Phi) is 3.06. The molecule has 0 radical (unpaired) electrons. The Labute approximate surface area is 119 Å². The van der Waals surface area contributed by atoms with Gasteiger partial charge in [-0.05, 0) is 30.7 Å². The highest BCUT2D eigenvalue weighted by Gasteiger charge is 2.19. The molecule has 2 heterocycles. The number of fused-ring (bicyclic) bond motifs is 1. The number of nitrogens with zero attached hydrogens (tertiary/aromatic N) is 2. The second kappa shape index (κ2) is 4.90. The number of pyridine rings is 1. The van der Waals surface area contributed by atoms with E-state index in [2.05, 4.69) is 9.97 Å². The lowest BCUT2D eigenvalue weighted by molar-refractivity contribution is 0.0698.